The van der Waals surface area contributed by atoms with Gasteiger partial charge in [-0.15, -0.1) is 11.3 Å². The summed E-state index contributed by atoms with van der Waals surface area (Å²) in [5.74, 6) is -0.110. The standard InChI is InChI=1S/C15H23N3O2S/c1-6-10(13-16-7-8-21-13)18-9(2)12(19)17-11(14(18)20)15(3,4)5/h7-11H,6H2,1-5H3,(H,17,19). The fraction of sp³-hybridized carbons (Fsp3) is 0.667. The molecule has 2 amide bonds. The average molecular weight is 309 g/mol. The van der Waals surface area contributed by atoms with E-state index in [0.717, 1.165) is 11.4 Å². The molecular formula is C15H23N3O2S. The van der Waals surface area contributed by atoms with Crippen LogP contribution in [0.1, 0.15) is 52.1 Å². The zero-order valence-corrected chi connectivity index (χ0v) is 14.0. The molecule has 1 saturated heterocycles. The van der Waals surface area contributed by atoms with Gasteiger partial charge in [-0.25, -0.2) is 4.98 Å². The van der Waals surface area contributed by atoms with Gasteiger partial charge in [0.2, 0.25) is 11.8 Å². The number of hydrogen-bond donors (Lipinski definition) is 1. The summed E-state index contributed by atoms with van der Waals surface area (Å²) < 4.78 is 0. The van der Waals surface area contributed by atoms with Crippen LogP contribution in [0.3, 0.4) is 0 Å². The molecule has 0 aromatic carbocycles. The predicted molar refractivity (Wildman–Crippen MR) is 82.8 cm³/mol. The smallest absolute Gasteiger partial charge is 0.246 e. The summed E-state index contributed by atoms with van der Waals surface area (Å²) in [7, 11) is 0. The molecule has 1 aromatic heterocycles. The summed E-state index contributed by atoms with van der Waals surface area (Å²) >= 11 is 1.53. The summed E-state index contributed by atoms with van der Waals surface area (Å²) in [6, 6.07) is -1.09. The van der Waals surface area contributed by atoms with E-state index in [1.54, 1.807) is 18.0 Å². The van der Waals surface area contributed by atoms with Gasteiger partial charge in [-0.1, -0.05) is 27.7 Å². The van der Waals surface area contributed by atoms with E-state index in [0.29, 0.717) is 0 Å². The van der Waals surface area contributed by atoms with E-state index in [-0.39, 0.29) is 23.3 Å². The van der Waals surface area contributed by atoms with Gasteiger partial charge in [0.05, 0.1) is 6.04 Å². The summed E-state index contributed by atoms with van der Waals surface area (Å²) in [5, 5.41) is 5.65. The van der Waals surface area contributed by atoms with E-state index < -0.39 is 12.1 Å². The molecule has 1 aliphatic rings. The quantitative estimate of drug-likeness (QED) is 0.932. The second kappa shape index (κ2) is 5.75. The number of amides is 2. The minimum Gasteiger partial charge on any atom is -0.342 e. The summed E-state index contributed by atoms with van der Waals surface area (Å²) in [4.78, 5) is 31.2. The van der Waals surface area contributed by atoms with E-state index >= 15 is 0 Å². The Labute approximate surface area is 129 Å². The Kier molecular flexibility index (Phi) is 4.37. The molecule has 6 heteroatoms. The highest BCUT2D eigenvalue weighted by Gasteiger charge is 2.46. The molecule has 5 nitrogen and oxygen atoms in total. The lowest BCUT2D eigenvalue weighted by Crippen LogP contribution is -2.66. The van der Waals surface area contributed by atoms with Crippen molar-refractivity contribution in [1.29, 1.82) is 0 Å². The molecule has 1 fully saturated rings. The fourth-order valence-electron chi connectivity index (χ4n) is 2.69. The third kappa shape index (κ3) is 2.95. The second-order valence-electron chi connectivity index (χ2n) is 6.52. The molecule has 1 N–H and O–H groups in total. The molecule has 3 atom stereocenters. The van der Waals surface area contributed by atoms with Crippen molar-refractivity contribution < 1.29 is 9.59 Å². The molecule has 0 bridgehead atoms. The van der Waals surface area contributed by atoms with Crippen molar-refractivity contribution in [2.24, 2.45) is 5.41 Å². The first-order chi connectivity index (χ1) is 9.77. The van der Waals surface area contributed by atoms with Crippen LogP contribution < -0.4 is 5.32 Å². The zero-order valence-electron chi connectivity index (χ0n) is 13.2. The highest BCUT2D eigenvalue weighted by atomic mass is 32.1. The molecule has 0 spiro atoms. The Hall–Kier alpha value is -1.43. The number of nitrogens with one attached hydrogen (secondary N) is 1. The van der Waals surface area contributed by atoms with Crippen molar-refractivity contribution in [2.45, 2.75) is 59.2 Å². The maximum atomic E-state index is 12.9. The molecule has 0 saturated carbocycles. The number of nitrogens with zero attached hydrogens (tertiary/aromatic N) is 2. The first-order valence-corrected chi connectivity index (χ1v) is 8.17. The molecule has 2 heterocycles. The van der Waals surface area contributed by atoms with Gasteiger partial charge in [-0.2, -0.15) is 0 Å². The van der Waals surface area contributed by atoms with Crippen LogP contribution in [0.15, 0.2) is 11.6 Å². The van der Waals surface area contributed by atoms with Crippen LogP contribution in [0.2, 0.25) is 0 Å². The highest BCUT2D eigenvalue weighted by Crippen LogP contribution is 2.33. The summed E-state index contributed by atoms with van der Waals surface area (Å²) in [6.45, 7) is 9.70. The van der Waals surface area contributed by atoms with Crippen LogP contribution in [-0.2, 0) is 9.59 Å². The zero-order chi connectivity index (χ0) is 15.8. The lowest BCUT2D eigenvalue weighted by atomic mass is 9.83. The Balaban J connectivity index is 2.38. The number of rotatable bonds is 3. The number of aromatic nitrogens is 1. The van der Waals surface area contributed by atoms with Crippen LogP contribution in [0, 0.1) is 5.41 Å². The van der Waals surface area contributed by atoms with E-state index in [9.17, 15) is 9.59 Å². The Morgan fingerprint density at radius 2 is 2.10 bits per heavy atom. The van der Waals surface area contributed by atoms with Crippen LogP contribution in [0.4, 0.5) is 0 Å². The highest BCUT2D eigenvalue weighted by molar-refractivity contribution is 7.09. The average Bonchev–Trinajstić information content (AvgIpc) is 2.91. The Morgan fingerprint density at radius 1 is 1.43 bits per heavy atom. The van der Waals surface area contributed by atoms with Gasteiger partial charge in [0.15, 0.2) is 0 Å². The molecule has 0 aliphatic carbocycles. The third-order valence-electron chi connectivity index (χ3n) is 3.91. The van der Waals surface area contributed by atoms with Gasteiger partial charge in [-0.05, 0) is 18.8 Å². The van der Waals surface area contributed by atoms with Crippen LogP contribution in [0.5, 0.6) is 0 Å². The summed E-state index contributed by atoms with van der Waals surface area (Å²) in [6.07, 6.45) is 2.48. The second-order valence-corrected chi connectivity index (χ2v) is 7.45. The maximum Gasteiger partial charge on any atom is 0.246 e. The van der Waals surface area contributed by atoms with Crippen molar-refractivity contribution in [3.05, 3.63) is 16.6 Å². The largest absolute Gasteiger partial charge is 0.342 e. The SMILES string of the molecule is CCC(c1nccs1)N1C(=O)C(C(C)(C)C)NC(=O)C1C. The fourth-order valence-corrected chi connectivity index (χ4v) is 3.51. The van der Waals surface area contributed by atoms with Crippen molar-refractivity contribution in [3.8, 4) is 0 Å². The summed E-state index contributed by atoms with van der Waals surface area (Å²) in [5.41, 5.74) is -0.313. The third-order valence-corrected chi connectivity index (χ3v) is 4.79. The molecule has 2 rings (SSSR count). The van der Waals surface area contributed by atoms with Crippen molar-refractivity contribution in [2.75, 3.05) is 0 Å². The lowest BCUT2D eigenvalue weighted by Gasteiger charge is -2.45. The molecule has 3 unspecified atom stereocenters. The number of carbonyl (C=O) groups is 2. The molecular weight excluding hydrogens is 286 g/mol. The van der Waals surface area contributed by atoms with Crippen molar-refractivity contribution in [1.82, 2.24) is 15.2 Å². The van der Waals surface area contributed by atoms with Gasteiger partial charge in [0, 0.05) is 11.6 Å². The van der Waals surface area contributed by atoms with Gasteiger partial charge in [-0.3, -0.25) is 9.59 Å². The van der Waals surface area contributed by atoms with Crippen molar-refractivity contribution >= 4 is 23.2 Å². The van der Waals surface area contributed by atoms with Crippen LogP contribution in [-0.4, -0.2) is 33.8 Å². The number of hydrogen-bond acceptors (Lipinski definition) is 4. The van der Waals surface area contributed by atoms with Crippen LogP contribution >= 0.6 is 11.3 Å². The normalized spacial score (nSPS) is 24.9. The van der Waals surface area contributed by atoms with E-state index in [4.69, 9.17) is 0 Å². The predicted octanol–water partition coefficient (Wildman–Crippen LogP) is 2.36. The van der Waals surface area contributed by atoms with Crippen molar-refractivity contribution in [3.63, 3.8) is 0 Å². The molecule has 21 heavy (non-hydrogen) atoms. The van der Waals surface area contributed by atoms with E-state index in [2.05, 4.69) is 10.3 Å². The number of carbonyl (C=O) groups excluding carboxylic acids is 2. The Bertz CT molecular complexity index is 522. The minimum absolute atomic E-state index is 0.0170. The Morgan fingerprint density at radius 3 is 2.57 bits per heavy atom. The molecule has 116 valence electrons. The van der Waals surface area contributed by atoms with Crippen LogP contribution in [0.25, 0.3) is 0 Å². The van der Waals surface area contributed by atoms with E-state index in [1.165, 1.54) is 11.3 Å². The van der Waals surface area contributed by atoms with E-state index in [1.807, 2.05) is 33.1 Å². The first-order valence-electron chi connectivity index (χ1n) is 7.29. The minimum atomic E-state index is -0.491. The topological polar surface area (TPSA) is 62.3 Å². The molecule has 0 radical (unpaired) electrons. The van der Waals surface area contributed by atoms with Gasteiger partial charge < -0.3 is 10.2 Å². The number of piperazine rings is 1. The number of thiazole rings is 1. The van der Waals surface area contributed by atoms with Gasteiger partial charge in [0.1, 0.15) is 17.1 Å². The van der Waals surface area contributed by atoms with Gasteiger partial charge >= 0.3 is 0 Å². The molecule has 1 aliphatic heterocycles. The maximum absolute atomic E-state index is 12.9. The van der Waals surface area contributed by atoms with Gasteiger partial charge in [0.25, 0.3) is 0 Å². The first kappa shape index (κ1) is 15.9. The molecule has 1 aromatic rings. The monoisotopic (exact) mass is 309 g/mol. The lowest BCUT2D eigenvalue weighted by molar-refractivity contribution is -0.154.